The first-order chi connectivity index (χ1) is 10.4. The number of carbonyl (C=O) groups excluding carboxylic acids is 2. The summed E-state index contributed by atoms with van der Waals surface area (Å²) in [5.41, 5.74) is 0.887. The van der Waals surface area contributed by atoms with Crippen LogP contribution in [0.1, 0.15) is 37.0 Å². The van der Waals surface area contributed by atoms with E-state index in [4.69, 9.17) is 11.6 Å². The fourth-order valence-electron chi connectivity index (χ4n) is 3.12. The molecule has 2 aliphatic heterocycles. The summed E-state index contributed by atoms with van der Waals surface area (Å²) in [6.45, 7) is 5.09. The largest absolute Gasteiger partial charge is 0.362 e. The fraction of sp³-hybridized carbons (Fsp3) is 0.500. The zero-order valence-corrected chi connectivity index (χ0v) is 13.5. The fourth-order valence-corrected chi connectivity index (χ4v) is 3.29. The van der Waals surface area contributed by atoms with Crippen molar-refractivity contribution in [1.82, 2.24) is 10.2 Å². The van der Waals surface area contributed by atoms with Crippen molar-refractivity contribution < 1.29 is 9.59 Å². The monoisotopic (exact) mass is 321 g/mol. The molecule has 2 N–H and O–H groups in total. The number of carbonyl (C=O) groups is 2. The summed E-state index contributed by atoms with van der Waals surface area (Å²) >= 11 is 6.03. The lowest BCUT2D eigenvalue weighted by Gasteiger charge is -2.46. The molecule has 3 rings (SSSR count). The van der Waals surface area contributed by atoms with Gasteiger partial charge in [0.25, 0.3) is 5.91 Å². The molecule has 1 aromatic carbocycles. The standard InChI is InChI=1S/C16H20ClN3O2/c1-10(2)15(22)20-7-5-16(6-8-20)18-13-9-11(17)3-4-12(13)14(21)19-16/h3-4,9-10,18H,5-8H2,1-2H3,(H,19,21). The summed E-state index contributed by atoms with van der Waals surface area (Å²) in [6, 6.07) is 5.22. The molecule has 1 saturated heterocycles. The van der Waals surface area contributed by atoms with E-state index in [1.165, 1.54) is 0 Å². The molecule has 0 aromatic heterocycles. The third-order valence-corrected chi connectivity index (χ3v) is 4.61. The van der Waals surface area contributed by atoms with Crippen molar-refractivity contribution in [3.05, 3.63) is 28.8 Å². The van der Waals surface area contributed by atoms with Gasteiger partial charge in [0.05, 0.1) is 11.3 Å². The highest BCUT2D eigenvalue weighted by Crippen LogP contribution is 2.33. The molecule has 0 aliphatic carbocycles. The molecule has 118 valence electrons. The Morgan fingerprint density at radius 3 is 2.59 bits per heavy atom. The van der Waals surface area contributed by atoms with Gasteiger partial charge >= 0.3 is 0 Å². The number of nitrogens with one attached hydrogen (secondary N) is 2. The van der Waals surface area contributed by atoms with E-state index in [-0.39, 0.29) is 17.7 Å². The van der Waals surface area contributed by atoms with Crippen LogP contribution in [-0.4, -0.2) is 35.5 Å². The number of anilines is 1. The van der Waals surface area contributed by atoms with Crippen LogP contribution in [0, 0.1) is 5.92 Å². The smallest absolute Gasteiger partial charge is 0.255 e. The predicted molar refractivity (Wildman–Crippen MR) is 85.9 cm³/mol. The molecule has 0 unspecified atom stereocenters. The van der Waals surface area contributed by atoms with E-state index in [1.807, 2.05) is 18.7 Å². The van der Waals surface area contributed by atoms with Crippen LogP contribution in [0.4, 0.5) is 5.69 Å². The zero-order chi connectivity index (χ0) is 15.9. The van der Waals surface area contributed by atoms with Crippen LogP contribution >= 0.6 is 11.6 Å². The average Bonchev–Trinajstić information content (AvgIpc) is 2.46. The van der Waals surface area contributed by atoms with Gasteiger partial charge in [0.1, 0.15) is 5.66 Å². The summed E-state index contributed by atoms with van der Waals surface area (Å²) in [5.74, 6) is 0.0805. The van der Waals surface area contributed by atoms with Crippen molar-refractivity contribution in [3.63, 3.8) is 0 Å². The predicted octanol–water partition coefficient (Wildman–Crippen LogP) is 2.47. The number of fused-ring (bicyclic) bond motifs is 1. The third kappa shape index (κ3) is 2.65. The number of piperidine rings is 1. The first-order valence-electron chi connectivity index (χ1n) is 7.59. The molecule has 5 nitrogen and oxygen atoms in total. The van der Waals surface area contributed by atoms with Gasteiger partial charge in [-0.15, -0.1) is 0 Å². The molecule has 0 bridgehead atoms. The molecule has 0 saturated carbocycles. The molecule has 2 heterocycles. The number of benzene rings is 1. The van der Waals surface area contributed by atoms with Gasteiger partial charge in [-0.3, -0.25) is 9.59 Å². The Kier molecular flexibility index (Phi) is 3.77. The summed E-state index contributed by atoms with van der Waals surface area (Å²) in [7, 11) is 0. The summed E-state index contributed by atoms with van der Waals surface area (Å²) < 4.78 is 0. The lowest BCUT2D eigenvalue weighted by atomic mass is 9.92. The highest BCUT2D eigenvalue weighted by atomic mass is 35.5. The van der Waals surface area contributed by atoms with Crippen molar-refractivity contribution in [2.24, 2.45) is 5.92 Å². The second kappa shape index (κ2) is 5.47. The van der Waals surface area contributed by atoms with E-state index in [2.05, 4.69) is 10.6 Å². The van der Waals surface area contributed by atoms with Crippen LogP contribution < -0.4 is 10.6 Å². The first-order valence-corrected chi connectivity index (χ1v) is 7.97. The minimum atomic E-state index is -0.484. The van der Waals surface area contributed by atoms with Crippen LogP contribution in [0.15, 0.2) is 18.2 Å². The maximum absolute atomic E-state index is 12.3. The second-order valence-corrected chi connectivity index (χ2v) is 6.77. The van der Waals surface area contributed by atoms with E-state index < -0.39 is 5.66 Å². The van der Waals surface area contributed by atoms with Crippen molar-refractivity contribution in [3.8, 4) is 0 Å². The molecule has 1 fully saturated rings. The van der Waals surface area contributed by atoms with Gasteiger partial charge in [-0.05, 0) is 18.2 Å². The molecular formula is C16H20ClN3O2. The number of hydrogen-bond acceptors (Lipinski definition) is 3. The number of halogens is 1. The van der Waals surface area contributed by atoms with Gasteiger partial charge in [-0.1, -0.05) is 25.4 Å². The number of amides is 2. The quantitative estimate of drug-likeness (QED) is 0.835. The summed E-state index contributed by atoms with van der Waals surface area (Å²) in [5, 5.41) is 7.08. The molecule has 6 heteroatoms. The van der Waals surface area contributed by atoms with E-state index in [9.17, 15) is 9.59 Å². The first kappa shape index (κ1) is 15.2. The van der Waals surface area contributed by atoms with Crippen LogP contribution in [0.25, 0.3) is 0 Å². The van der Waals surface area contributed by atoms with Crippen molar-refractivity contribution in [1.29, 1.82) is 0 Å². The summed E-state index contributed by atoms with van der Waals surface area (Å²) in [6.07, 6.45) is 1.37. The SMILES string of the molecule is CC(C)C(=O)N1CCC2(CC1)NC(=O)c1ccc(Cl)cc1N2. The minimum Gasteiger partial charge on any atom is -0.362 e. The van der Waals surface area contributed by atoms with Crippen molar-refractivity contribution >= 4 is 29.1 Å². The molecule has 2 aliphatic rings. The lowest BCUT2D eigenvalue weighted by molar-refractivity contribution is -0.136. The number of rotatable bonds is 1. The Bertz CT molecular complexity index is 622. The zero-order valence-electron chi connectivity index (χ0n) is 12.8. The normalized spacial score (nSPS) is 19.6. The Labute approximate surface area is 135 Å². The van der Waals surface area contributed by atoms with Gasteiger partial charge in [-0.25, -0.2) is 0 Å². The Morgan fingerprint density at radius 1 is 1.27 bits per heavy atom. The van der Waals surface area contributed by atoms with E-state index in [0.29, 0.717) is 36.5 Å². The van der Waals surface area contributed by atoms with E-state index >= 15 is 0 Å². The molecule has 22 heavy (non-hydrogen) atoms. The average molecular weight is 322 g/mol. The van der Waals surface area contributed by atoms with Crippen LogP contribution in [0.2, 0.25) is 5.02 Å². The van der Waals surface area contributed by atoms with Gasteiger partial charge in [0.15, 0.2) is 0 Å². The van der Waals surface area contributed by atoms with Gasteiger partial charge in [0.2, 0.25) is 5.91 Å². The van der Waals surface area contributed by atoms with Gasteiger partial charge < -0.3 is 15.5 Å². The highest BCUT2D eigenvalue weighted by molar-refractivity contribution is 6.31. The maximum atomic E-state index is 12.3. The van der Waals surface area contributed by atoms with Crippen LogP contribution in [0.5, 0.6) is 0 Å². The number of hydrogen-bond donors (Lipinski definition) is 2. The lowest BCUT2D eigenvalue weighted by Crippen LogP contribution is -2.63. The highest BCUT2D eigenvalue weighted by Gasteiger charge is 2.41. The Morgan fingerprint density at radius 2 is 1.95 bits per heavy atom. The van der Waals surface area contributed by atoms with Gasteiger partial charge in [-0.2, -0.15) is 0 Å². The molecular weight excluding hydrogens is 302 g/mol. The Balaban J connectivity index is 1.77. The number of likely N-dealkylation sites (tertiary alicyclic amines) is 1. The van der Waals surface area contributed by atoms with Crippen molar-refractivity contribution in [2.45, 2.75) is 32.4 Å². The van der Waals surface area contributed by atoms with E-state index in [0.717, 1.165) is 5.69 Å². The minimum absolute atomic E-state index is 0.00230. The number of nitrogens with zero attached hydrogens (tertiary/aromatic N) is 1. The Hall–Kier alpha value is -1.75. The third-order valence-electron chi connectivity index (χ3n) is 4.38. The van der Waals surface area contributed by atoms with Crippen molar-refractivity contribution in [2.75, 3.05) is 18.4 Å². The molecule has 1 aromatic rings. The molecule has 0 radical (unpaired) electrons. The summed E-state index contributed by atoms with van der Waals surface area (Å²) in [4.78, 5) is 26.3. The second-order valence-electron chi connectivity index (χ2n) is 6.33. The van der Waals surface area contributed by atoms with E-state index in [1.54, 1.807) is 18.2 Å². The molecule has 0 atom stereocenters. The van der Waals surface area contributed by atoms with Gasteiger partial charge in [0, 0.05) is 36.9 Å². The maximum Gasteiger partial charge on any atom is 0.255 e. The molecule has 2 amide bonds. The van der Waals surface area contributed by atoms with Crippen LogP contribution in [0.3, 0.4) is 0 Å². The van der Waals surface area contributed by atoms with Crippen LogP contribution in [-0.2, 0) is 4.79 Å². The molecule has 1 spiro atoms. The topological polar surface area (TPSA) is 61.4 Å².